The SMILES string of the molecule is CC(C)(C)N1C[C@@H](NC(=O)N2CCC[C@@H](c3ncc[nH]3)C2)CC1=O. The van der Waals surface area contributed by atoms with Gasteiger partial charge in [0.2, 0.25) is 5.91 Å². The minimum absolute atomic E-state index is 0.0696. The first-order valence-electron chi connectivity index (χ1n) is 8.70. The zero-order chi connectivity index (χ0) is 17.3. The minimum atomic E-state index is -0.202. The first-order valence-corrected chi connectivity index (χ1v) is 8.70. The van der Waals surface area contributed by atoms with E-state index in [1.807, 2.05) is 36.8 Å². The Morgan fingerprint density at radius 2 is 2.17 bits per heavy atom. The molecular formula is C17H27N5O2. The quantitative estimate of drug-likeness (QED) is 0.864. The Labute approximate surface area is 142 Å². The summed E-state index contributed by atoms with van der Waals surface area (Å²) in [5.41, 5.74) is -0.202. The van der Waals surface area contributed by atoms with Crippen molar-refractivity contribution in [3.8, 4) is 0 Å². The highest BCUT2D eigenvalue weighted by Gasteiger charge is 2.37. The molecule has 2 saturated heterocycles. The molecule has 0 aliphatic carbocycles. The third-order valence-corrected chi connectivity index (χ3v) is 4.88. The molecule has 0 spiro atoms. The number of nitrogens with zero attached hydrogens (tertiary/aromatic N) is 3. The molecule has 2 aliphatic heterocycles. The number of nitrogens with one attached hydrogen (secondary N) is 2. The van der Waals surface area contributed by atoms with Crippen LogP contribution in [0.25, 0.3) is 0 Å². The smallest absolute Gasteiger partial charge is 0.317 e. The van der Waals surface area contributed by atoms with E-state index in [0.29, 0.717) is 19.5 Å². The van der Waals surface area contributed by atoms with Crippen molar-refractivity contribution in [2.75, 3.05) is 19.6 Å². The number of piperidine rings is 1. The third-order valence-electron chi connectivity index (χ3n) is 4.88. The number of rotatable bonds is 2. The maximum atomic E-state index is 12.6. The lowest BCUT2D eigenvalue weighted by atomic mass is 9.97. The predicted molar refractivity (Wildman–Crippen MR) is 90.5 cm³/mol. The van der Waals surface area contributed by atoms with Gasteiger partial charge in [-0.25, -0.2) is 9.78 Å². The van der Waals surface area contributed by atoms with E-state index in [1.54, 1.807) is 6.20 Å². The Morgan fingerprint density at radius 3 is 2.79 bits per heavy atom. The summed E-state index contributed by atoms with van der Waals surface area (Å²) in [6, 6.07) is -0.173. The van der Waals surface area contributed by atoms with E-state index >= 15 is 0 Å². The molecule has 0 aromatic carbocycles. The highest BCUT2D eigenvalue weighted by molar-refractivity contribution is 5.82. The topological polar surface area (TPSA) is 81.3 Å². The van der Waals surface area contributed by atoms with Crippen LogP contribution in [0.5, 0.6) is 0 Å². The number of carbonyl (C=O) groups excluding carboxylic acids is 2. The second-order valence-electron chi connectivity index (χ2n) is 7.79. The molecule has 2 atom stereocenters. The molecule has 2 aliphatic rings. The van der Waals surface area contributed by atoms with Crippen LogP contribution in [0.1, 0.15) is 51.8 Å². The summed E-state index contributed by atoms with van der Waals surface area (Å²) < 4.78 is 0. The highest BCUT2D eigenvalue weighted by Crippen LogP contribution is 2.25. The molecule has 0 unspecified atom stereocenters. The van der Waals surface area contributed by atoms with Crippen LogP contribution in [0, 0.1) is 0 Å². The monoisotopic (exact) mass is 333 g/mol. The minimum Gasteiger partial charge on any atom is -0.348 e. The van der Waals surface area contributed by atoms with E-state index in [9.17, 15) is 9.59 Å². The fourth-order valence-corrected chi connectivity index (χ4v) is 3.60. The van der Waals surface area contributed by atoms with E-state index in [2.05, 4.69) is 15.3 Å². The molecule has 3 heterocycles. The average molecular weight is 333 g/mol. The van der Waals surface area contributed by atoms with Crippen molar-refractivity contribution in [1.29, 1.82) is 0 Å². The van der Waals surface area contributed by atoms with Gasteiger partial charge in [-0.3, -0.25) is 4.79 Å². The fourth-order valence-electron chi connectivity index (χ4n) is 3.60. The van der Waals surface area contributed by atoms with Gasteiger partial charge in [0.15, 0.2) is 0 Å². The predicted octanol–water partition coefficient (Wildman–Crippen LogP) is 1.70. The van der Waals surface area contributed by atoms with Crippen LogP contribution in [-0.2, 0) is 4.79 Å². The number of urea groups is 1. The van der Waals surface area contributed by atoms with Gasteiger partial charge in [-0.05, 0) is 33.6 Å². The molecule has 24 heavy (non-hydrogen) atoms. The summed E-state index contributed by atoms with van der Waals surface area (Å²) in [4.78, 5) is 35.9. The Morgan fingerprint density at radius 1 is 1.38 bits per heavy atom. The van der Waals surface area contributed by atoms with Crippen LogP contribution in [-0.4, -0.2) is 62.9 Å². The van der Waals surface area contributed by atoms with Crippen molar-refractivity contribution in [2.24, 2.45) is 0 Å². The molecule has 1 aromatic heterocycles. The third kappa shape index (κ3) is 3.55. The van der Waals surface area contributed by atoms with E-state index in [4.69, 9.17) is 0 Å². The molecular weight excluding hydrogens is 306 g/mol. The Kier molecular flexibility index (Phi) is 4.51. The lowest BCUT2D eigenvalue weighted by molar-refractivity contribution is -0.131. The largest absolute Gasteiger partial charge is 0.348 e. The van der Waals surface area contributed by atoms with Gasteiger partial charge in [0.05, 0.1) is 6.04 Å². The van der Waals surface area contributed by atoms with Gasteiger partial charge < -0.3 is 20.1 Å². The van der Waals surface area contributed by atoms with Crippen molar-refractivity contribution >= 4 is 11.9 Å². The van der Waals surface area contributed by atoms with Crippen LogP contribution in [0.15, 0.2) is 12.4 Å². The van der Waals surface area contributed by atoms with E-state index in [0.717, 1.165) is 25.2 Å². The van der Waals surface area contributed by atoms with Crippen LogP contribution >= 0.6 is 0 Å². The summed E-state index contributed by atoms with van der Waals surface area (Å²) >= 11 is 0. The number of carbonyl (C=O) groups is 2. The molecule has 7 heteroatoms. The Hall–Kier alpha value is -2.05. The van der Waals surface area contributed by atoms with Crippen molar-refractivity contribution < 1.29 is 9.59 Å². The maximum absolute atomic E-state index is 12.6. The summed E-state index contributed by atoms with van der Waals surface area (Å²) in [6.07, 6.45) is 5.96. The average Bonchev–Trinajstić information content (AvgIpc) is 3.16. The number of aromatic amines is 1. The molecule has 3 rings (SSSR count). The lowest BCUT2D eigenvalue weighted by Crippen LogP contribution is -2.50. The maximum Gasteiger partial charge on any atom is 0.317 e. The van der Waals surface area contributed by atoms with Crippen molar-refractivity contribution in [3.63, 3.8) is 0 Å². The molecule has 132 valence electrons. The molecule has 0 radical (unpaired) electrons. The van der Waals surface area contributed by atoms with Gasteiger partial charge in [0, 0.05) is 49.9 Å². The second kappa shape index (κ2) is 6.45. The fraction of sp³-hybridized carbons (Fsp3) is 0.706. The summed E-state index contributed by atoms with van der Waals surface area (Å²) in [7, 11) is 0. The van der Waals surface area contributed by atoms with E-state index in [1.165, 1.54) is 0 Å². The number of imidazole rings is 1. The van der Waals surface area contributed by atoms with Gasteiger partial charge >= 0.3 is 6.03 Å². The standard InChI is InChI=1S/C17H27N5O2/c1-17(2,3)22-11-13(9-14(22)23)20-16(24)21-8-4-5-12(10-21)15-18-6-7-19-15/h6-7,12-13H,4-5,8-11H2,1-3H3,(H,18,19)(H,20,24)/t12-,13+/m1/s1. The van der Waals surface area contributed by atoms with Gasteiger partial charge in [0.25, 0.3) is 0 Å². The molecule has 7 nitrogen and oxygen atoms in total. The molecule has 3 amide bonds. The zero-order valence-electron chi connectivity index (χ0n) is 14.7. The number of hydrogen-bond donors (Lipinski definition) is 2. The number of amides is 3. The van der Waals surface area contributed by atoms with Gasteiger partial charge in [-0.1, -0.05) is 0 Å². The molecule has 2 N–H and O–H groups in total. The molecule has 0 bridgehead atoms. The van der Waals surface area contributed by atoms with Crippen LogP contribution in [0.2, 0.25) is 0 Å². The van der Waals surface area contributed by atoms with Crippen molar-refractivity contribution in [3.05, 3.63) is 18.2 Å². The number of H-pyrrole nitrogens is 1. The van der Waals surface area contributed by atoms with Crippen molar-refractivity contribution in [1.82, 2.24) is 25.1 Å². The van der Waals surface area contributed by atoms with Gasteiger partial charge in [-0.15, -0.1) is 0 Å². The number of aromatic nitrogens is 2. The first-order chi connectivity index (χ1) is 11.3. The lowest BCUT2D eigenvalue weighted by Gasteiger charge is -2.34. The zero-order valence-corrected chi connectivity index (χ0v) is 14.7. The molecule has 0 saturated carbocycles. The van der Waals surface area contributed by atoms with E-state index < -0.39 is 0 Å². The highest BCUT2D eigenvalue weighted by atomic mass is 16.2. The molecule has 2 fully saturated rings. The van der Waals surface area contributed by atoms with Crippen LogP contribution in [0.3, 0.4) is 0 Å². The number of likely N-dealkylation sites (tertiary alicyclic amines) is 2. The summed E-state index contributed by atoms with van der Waals surface area (Å²) in [6.45, 7) is 8.08. The summed E-state index contributed by atoms with van der Waals surface area (Å²) in [5.74, 6) is 1.32. The van der Waals surface area contributed by atoms with E-state index in [-0.39, 0.29) is 29.4 Å². The first kappa shape index (κ1) is 16.8. The number of hydrogen-bond acceptors (Lipinski definition) is 3. The van der Waals surface area contributed by atoms with Gasteiger partial charge in [-0.2, -0.15) is 0 Å². The molecule has 1 aromatic rings. The van der Waals surface area contributed by atoms with Crippen molar-refractivity contribution in [2.45, 2.75) is 57.5 Å². The second-order valence-corrected chi connectivity index (χ2v) is 7.79. The Balaban J connectivity index is 1.56. The van der Waals surface area contributed by atoms with Crippen LogP contribution < -0.4 is 5.32 Å². The summed E-state index contributed by atoms with van der Waals surface area (Å²) in [5, 5.41) is 3.04. The Bertz CT molecular complexity index is 593. The normalized spacial score (nSPS) is 25.2. The van der Waals surface area contributed by atoms with Gasteiger partial charge in [0.1, 0.15) is 5.82 Å². The van der Waals surface area contributed by atoms with Crippen LogP contribution in [0.4, 0.5) is 4.79 Å².